The summed E-state index contributed by atoms with van der Waals surface area (Å²) in [5.74, 6) is 0. The third kappa shape index (κ3) is 1.36. The van der Waals surface area contributed by atoms with Gasteiger partial charge in [0, 0.05) is 18.6 Å². The molecule has 0 bridgehead atoms. The molecule has 2 rings (SSSR count). The van der Waals surface area contributed by atoms with Crippen molar-refractivity contribution in [2.45, 2.75) is 0 Å². The molecule has 0 atom stereocenters. The Kier molecular flexibility index (Phi) is 2.17. The lowest BCUT2D eigenvalue weighted by Gasteiger charge is -2.07. The molecule has 2 aromatic rings. The lowest BCUT2D eigenvalue weighted by molar-refractivity contribution is 1.40. The van der Waals surface area contributed by atoms with Crippen LogP contribution in [0.4, 0.5) is 11.4 Å². The van der Waals surface area contributed by atoms with E-state index in [9.17, 15) is 0 Å². The van der Waals surface area contributed by atoms with E-state index in [0.717, 1.165) is 16.6 Å². The SMILES string of the molecule is CNc1ccc2cc(Cl)cnc2c1N. The van der Waals surface area contributed by atoms with Gasteiger partial charge in [0.05, 0.1) is 21.9 Å². The molecule has 0 spiro atoms. The van der Waals surface area contributed by atoms with E-state index in [2.05, 4.69) is 10.3 Å². The number of halogens is 1. The minimum Gasteiger partial charge on any atom is -0.395 e. The highest BCUT2D eigenvalue weighted by Crippen LogP contribution is 2.27. The van der Waals surface area contributed by atoms with Crippen LogP contribution in [0.1, 0.15) is 0 Å². The first-order valence-corrected chi connectivity index (χ1v) is 4.61. The average Bonchev–Trinajstić information content (AvgIpc) is 2.18. The Balaban J connectivity index is 2.77. The van der Waals surface area contributed by atoms with E-state index in [-0.39, 0.29) is 0 Å². The minimum absolute atomic E-state index is 0.620. The van der Waals surface area contributed by atoms with Crippen LogP contribution < -0.4 is 11.1 Å². The van der Waals surface area contributed by atoms with Gasteiger partial charge in [-0.2, -0.15) is 0 Å². The summed E-state index contributed by atoms with van der Waals surface area (Å²) in [6, 6.07) is 5.70. The molecule has 14 heavy (non-hydrogen) atoms. The minimum atomic E-state index is 0.620. The number of benzene rings is 1. The summed E-state index contributed by atoms with van der Waals surface area (Å²) in [7, 11) is 1.83. The van der Waals surface area contributed by atoms with Crippen LogP contribution >= 0.6 is 11.6 Å². The number of fused-ring (bicyclic) bond motifs is 1. The monoisotopic (exact) mass is 207 g/mol. The van der Waals surface area contributed by atoms with Crippen LogP contribution in [-0.4, -0.2) is 12.0 Å². The van der Waals surface area contributed by atoms with E-state index in [4.69, 9.17) is 17.3 Å². The Morgan fingerprint density at radius 3 is 2.93 bits per heavy atom. The maximum Gasteiger partial charge on any atom is 0.0953 e. The number of pyridine rings is 1. The van der Waals surface area contributed by atoms with Gasteiger partial charge in [-0.1, -0.05) is 17.7 Å². The van der Waals surface area contributed by atoms with Crippen molar-refractivity contribution in [3.8, 4) is 0 Å². The van der Waals surface area contributed by atoms with E-state index in [0.29, 0.717) is 10.7 Å². The Bertz CT molecular complexity index is 482. The zero-order chi connectivity index (χ0) is 10.1. The number of hydrogen-bond donors (Lipinski definition) is 2. The highest BCUT2D eigenvalue weighted by molar-refractivity contribution is 6.31. The number of hydrogen-bond acceptors (Lipinski definition) is 3. The maximum absolute atomic E-state index is 5.91. The first-order chi connectivity index (χ1) is 6.72. The summed E-state index contributed by atoms with van der Waals surface area (Å²) in [4.78, 5) is 4.19. The second kappa shape index (κ2) is 3.35. The van der Waals surface area contributed by atoms with Gasteiger partial charge in [-0.15, -0.1) is 0 Å². The molecule has 0 saturated heterocycles. The fourth-order valence-electron chi connectivity index (χ4n) is 1.42. The highest BCUT2D eigenvalue weighted by Gasteiger charge is 2.04. The first-order valence-electron chi connectivity index (χ1n) is 4.24. The average molecular weight is 208 g/mol. The Labute approximate surface area is 86.9 Å². The molecular formula is C10H10ClN3. The molecule has 0 aliphatic rings. The number of anilines is 2. The predicted molar refractivity (Wildman–Crippen MR) is 60.7 cm³/mol. The van der Waals surface area contributed by atoms with Crippen molar-refractivity contribution in [3.63, 3.8) is 0 Å². The van der Waals surface area contributed by atoms with Crippen molar-refractivity contribution in [2.75, 3.05) is 18.1 Å². The smallest absolute Gasteiger partial charge is 0.0953 e. The van der Waals surface area contributed by atoms with Crippen molar-refractivity contribution < 1.29 is 0 Å². The van der Waals surface area contributed by atoms with E-state index in [1.807, 2.05) is 25.2 Å². The molecule has 72 valence electrons. The standard InChI is InChI=1S/C10H10ClN3/c1-13-8-3-2-6-4-7(11)5-14-10(6)9(8)12/h2-5,13H,12H2,1H3. The molecule has 0 radical (unpaired) electrons. The van der Waals surface area contributed by atoms with E-state index >= 15 is 0 Å². The largest absolute Gasteiger partial charge is 0.395 e. The Morgan fingerprint density at radius 2 is 2.21 bits per heavy atom. The van der Waals surface area contributed by atoms with Gasteiger partial charge in [-0.3, -0.25) is 4.98 Å². The predicted octanol–water partition coefficient (Wildman–Crippen LogP) is 2.51. The van der Waals surface area contributed by atoms with E-state index < -0.39 is 0 Å². The van der Waals surface area contributed by atoms with Gasteiger partial charge < -0.3 is 11.1 Å². The van der Waals surface area contributed by atoms with E-state index in [1.54, 1.807) is 6.20 Å². The van der Waals surface area contributed by atoms with Gasteiger partial charge in [0.25, 0.3) is 0 Å². The van der Waals surface area contributed by atoms with Gasteiger partial charge in [0.2, 0.25) is 0 Å². The summed E-state index contributed by atoms with van der Waals surface area (Å²) in [6.07, 6.45) is 1.60. The Hall–Kier alpha value is -1.48. The summed E-state index contributed by atoms with van der Waals surface area (Å²) in [5.41, 5.74) is 8.23. The van der Waals surface area contributed by atoms with Crippen LogP contribution in [0.5, 0.6) is 0 Å². The quantitative estimate of drug-likeness (QED) is 0.707. The van der Waals surface area contributed by atoms with Crippen LogP contribution in [0.25, 0.3) is 10.9 Å². The molecule has 1 aromatic heterocycles. The van der Waals surface area contributed by atoms with Crippen molar-refractivity contribution in [1.82, 2.24) is 4.98 Å². The summed E-state index contributed by atoms with van der Waals surface area (Å²) >= 11 is 5.83. The normalized spacial score (nSPS) is 10.4. The fraction of sp³-hybridized carbons (Fsp3) is 0.100. The third-order valence-electron chi connectivity index (χ3n) is 2.13. The number of rotatable bonds is 1. The fourth-order valence-corrected chi connectivity index (χ4v) is 1.58. The zero-order valence-electron chi connectivity index (χ0n) is 7.71. The molecule has 0 aliphatic heterocycles. The molecule has 0 amide bonds. The number of nitrogens with zero attached hydrogens (tertiary/aromatic N) is 1. The Morgan fingerprint density at radius 1 is 1.43 bits per heavy atom. The second-order valence-electron chi connectivity index (χ2n) is 3.00. The van der Waals surface area contributed by atoms with Gasteiger partial charge >= 0.3 is 0 Å². The van der Waals surface area contributed by atoms with Gasteiger partial charge in [-0.05, 0) is 12.1 Å². The number of nitrogens with two attached hydrogens (primary N) is 1. The molecule has 0 fully saturated rings. The van der Waals surface area contributed by atoms with Crippen LogP contribution in [0.15, 0.2) is 24.4 Å². The van der Waals surface area contributed by atoms with E-state index in [1.165, 1.54) is 0 Å². The van der Waals surface area contributed by atoms with Crippen LogP contribution in [0.3, 0.4) is 0 Å². The molecular weight excluding hydrogens is 198 g/mol. The van der Waals surface area contributed by atoms with Crippen LogP contribution in [0.2, 0.25) is 5.02 Å². The van der Waals surface area contributed by atoms with Crippen molar-refractivity contribution >= 4 is 33.9 Å². The lowest BCUT2D eigenvalue weighted by Crippen LogP contribution is -1.97. The van der Waals surface area contributed by atoms with Crippen LogP contribution in [-0.2, 0) is 0 Å². The molecule has 1 aromatic carbocycles. The van der Waals surface area contributed by atoms with Gasteiger partial charge in [0.1, 0.15) is 0 Å². The second-order valence-corrected chi connectivity index (χ2v) is 3.44. The molecule has 0 saturated carbocycles. The number of nitrogen functional groups attached to an aromatic ring is 1. The molecule has 1 heterocycles. The summed E-state index contributed by atoms with van der Waals surface area (Å²) in [5, 5.41) is 4.58. The topological polar surface area (TPSA) is 50.9 Å². The first kappa shape index (κ1) is 9.09. The highest BCUT2D eigenvalue weighted by atomic mass is 35.5. The van der Waals surface area contributed by atoms with Gasteiger partial charge in [-0.25, -0.2) is 0 Å². The summed E-state index contributed by atoms with van der Waals surface area (Å²) in [6.45, 7) is 0. The van der Waals surface area contributed by atoms with Crippen molar-refractivity contribution in [3.05, 3.63) is 29.4 Å². The molecule has 3 nitrogen and oxygen atoms in total. The molecule has 0 unspecified atom stereocenters. The number of nitrogens with one attached hydrogen (secondary N) is 1. The summed E-state index contributed by atoms with van der Waals surface area (Å²) < 4.78 is 0. The lowest BCUT2D eigenvalue weighted by atomic mass is 10.1. The van der Waals surface area contributed by atoms with Gasteiger partial charge in [0.15, 0.2) is 0 Å². The zero-order valence-corrected chi connectivity index (χ0v) is 8.47. The van der Waals surface area contributed by atoms with Crippen LogP contribution in [0, 0.1) is 0 Å². The van der Waals surface area contributed by atoms with Crippen molar-refractivity contribution in [2.24, 2.45) is 0 Å². The number of aromatic nitrogens is 1. The maximum atomic E-state index is 5.91. The van der Waals surface area contributed by atoms with Crippen molar-refractivity contribution in [1.29, 1.82) is 0 Å². The molecule has 3 N–H and O–H groups in total. The third-order valence-corrected chi connectivity index (χ3v) is 2.33. The molecule has 4 heteroatoms. The molecule has 0 aliphatic carbocycles.